The van der Waals surface area contributed by atoms with Crippen LogP contribution in [0.1, 0.15) is 31.5 Å². The molecule has 0 fully saturated rings. The monoisotopic (exact) mass is 397 g/mol. The van der Waals surface area contributed by atoms with Crippen LogP contribution < -0.4 is 10.6 Å². The number of anilines is 1. The molecule has 0 radical (unpaired) electrons. The summed E-state index contributed by atoms with van der Waals surface area (Å²) in [6.45, 7) is 3.92. The van der Waals surface area contributed by atoms with E-state index in [1.807, 2.05) is 30.3 Å². The lowest BCUT2D eigenvalue weighted by molar-refractivity contribution is -0.115. The number of rotatable bonds is 6. The summed E-state index contributed by atoms with van der Waals surface area (Å²) in [5.41, 5.74) is 2.47. The fourth-order valence-electron chi connectivity index (χ4n) is 2.65. The van der Waals surface area contributed by atoms with Gasteiger partial charge in [-0.1, -0.05) is 36.4 Å². The van der Waals surface area contributed by atoms with Crippen LogP contribution in [0, 0.1) is 19.7 Å². The number of halogens is 1. The van der Waals surface area contributed by atoms with Gasteiger partial charge in [0.15, 0.2) is 0 Å². The highest BCUT2D eigenvalue weighted by molar-refractivity contribution is 7.13. The van der Waals surface area contributed by atoms with E-state index in [1.54, 1.807) is 19.9 Å². The standard InChI is InChI=1S/C21H20FN3O2S/c1-13-8-9-17(16(22)10-13)25-18(26)11-19-24-14(2)20(28-19)21(27)23-12-15-6-4-3-5-7-15/h3-10H,11-12H2,1-2H3,(H,23,27)(H,25,26). The molecule has 7 heteroatoms. The van der Waals surface area contributed by atoms with Crippen molar-refractivity contribution in [2.45, 2.75) is 26.8 Å². The molecule has 0 spiro atoms. The van der Waals surface area contributed by atoms with Crippen LogP contribution in [0.15, 0.2) is 48.5 Å². The van der Waals surface area contributed by atoms with Crippen LogP contribution in [0.3, 0.4) is 0 Å². The maximum atomic E-state index is 13.9. The minimum absolute atomic E-state index is 0.0230. The molecular weight excluding hydrogens is 377 g/mol. The Kier molecular flexibility index (Phi) is 6.16. The van der Waals surface area contributed by atoms with E-state index in [0.717, 1.165) is 11.1 Å². The van der Waals surface area contributed by atoms with Gasteiger partial charge in [0.25, 0.3) is 5.91 Å². The van der Waals surface area contributed by atoms with Gasteiger partial charge in [-0.15, -0.1) is 11.3 Å². The van der Waals surface area contributed by atoms with Gasteiger partial charge in [-0.3, -0.25) is 9.59 Å². The largest absolute Gasteiger partial charge is 0.347 e. The van der Waals surface area contributed by atoms with Gasteiger partial charge in [0.2, 0.25) is 5.91 Å². The second-order valence-corrected chi connectivity index (χ2v) is 7.48. The SMILES string of the molecule is Cc1ccc(NC(=O)Cc2nc(C)c(C(=O)NCc3ccccc3)s2)c(F)c1. The van der Waals surface area contributed by atoms with Crippen LogP contribution in [0.25, 0.3) is 0 Å². The van der Waals surface area contributed by atoms with Crippen molar-refractivity contribution >= 4 is 28.8 Å². The Morgan fingerprint density at radius 2 is 1.86 bits per heavy atom. The fourth-order valence-corrected chi connectivity index (χ4v) is 3.63. The van der Waals surface area contributed by atoms with E-state index in [0.29, 0.717) is 22.1 Å². The molecule has 1 heterocycles. The minimum Gasteiger partial charge on any atom is -0.347 e. The molecule has 2 N–H and O–H groups in total. The molecule has 0 aliphatic heterocycles. The van der Waals surface area contributed by atoms with Crippen molar-refractivity contribution in [3.05, 3.63) is 81.1 Å². The zero-order chi connectivity index (χ0) is 20.1. The topological polar surface area (TPSA) is 71.1 Å². The number of thiazole rings is 1. The van der Waals surface area contributed by atoms with E-state index < -0.39 is 5.82 Å². The molecule has 0 atom stereocenters. The lowest BCUT2D eigenvalue weighted by Crippen LogP contribution is -2.22. The molecule has 0 saturated heterocycles. The third-order valence-electron chi connectivity index (χ3n) is 4.05. The molecule has 0 aliphatic carbocycles. The quantitative estimate of drug-likeness (QED) is 0.660. The number of aromatic nitrogens is 1. The predicted molar refractivity (Wildman–Crippen MR) is 108 cm³/mol. The molecule has 3 aromatic rings. The Balaban J connectivity index is 1.61. The van der Waals surface area contributed by atoms with Crippen molar-refractivity contribution in [2.24, 2.45) is 0 Å². The van der Waals surface area contributed by atoms with Crippen molar-refractivity contribution in [3.8, 4) is 0 Å². The molecule has 0 aliphatic rings. The van der Waals surface area contributed by atoms with Gasteiger partial charge in [0, 0.05) is 6.54 Å². The van der Waals surface area contributed by atoms with Gasteiger partial charge < -0.3 is 10.6 Å². The second kappa shape index (κ2) is 8.75. The summed E-state index contributed by atoms with van der Waals surface area (Å²) in [6.07, 6.45) is -0.0230. The number of amides is 2. The van der Waals surface area contributed by atoms with E-state index in [2.05, 4.69) is 15.6 Å². The minimum atomic E-state index is -0.482. The average molecular weight is 397 g/mol. The first-order valence-electron chi connectivity index (χ1n) is 8.77. The van der Waals surface area contributed by atoms with Crippen LogP contribution in [0.2, 0.25) is 0 Å². The number of carbonyl (C=O) groups is 2. The van der Waals surface area contributed by atoms with E-state index in [9.17, 15) is 14.0 Å². The number of hydrogen-bond donors (Lipinski definition) is 2. The van der Waals surface area contributed by atoms with Gasteiger partial charge >= 0.3 is 0 Å². The molecule has 3 rings (SSSR count). The Labute approximate surface area is 166 Å². The molecule has 144 valence electrons. The molecule has 28 heavy (non-hydrogen) atoms. The summed E-state index contributed by atoms with van der Waals surface area (Å²) in [7, 11) is 0. The summed E-state index contributed by atoms with van der Waals surface area (Å²) in [4.78, 5) is 29.4. The van der Waals surface area contributed by atoms with Crippen LogP contribution in [-0.2, 0) is 17.8 Å². The molecule has 1 aromatic heterocycles. The van der Waals surface area contributed by atoms with Crippen molar-refractivity contribution in [1.82, 2.24) is 10.3 Å². The van der Waals surface area contributed by atoms with E-state index in [1.165, 1.54) is 23.5 Å². The summed E-state index contributed by atoms with van der Waals surface area (Å²) >= 11 is 1.17. The second-order valence-electron chi connectivity index (χ2n) is 6.40. The maximum Gasteiger partial charge on any atom is 0.263 e. The lowest BCUT2D eigenvalue weighted by Gasteiger charge is -2.06. The third kappa shape index (κ3) is 5.01. The van der Waals surface area contributed by atoms with Gasteiger partial charge in [0.05, 0.1) is 17.8 Å². The van der Waals surface area contributed by atoms with Gasteiger partial charge in [0.1, 0.15) is 15.7 Å². The molecule has 0 saturated carbocycles. The van der Waals surface area contributed by atoms with Crippen LogP contribution in [0.5, 0.6) is 0 Å². The predicted octanol–water partition coefficient (Wildman–Crippen LogP) is 4.01. The number of hydrogen-bond acceptors (Lipinski definition) is 4. The molecule has 2 amide bonds. The van der Waals surface area contributed by atoms with E-state index in [4.69, 9.17) is 0 Å². The Morgan fingerprint density at radius 1 is 1.11 bits per heavy atom. The van der Waals surface area contributed by atoms with Crippen molar-refractivity contribution < 1.29 is 14.0 Å². The van der Waals surface area contributed by atoms with Crippen LogP contribution in [-0.4, -0.2) is 16.8 Å². The first-order valence-corrected chi connectivity index (χ1v) is 9.58. The lowest BCUT2D eigenvalue weighted by atomic mass is 10.2. The molecule has 2 aromatic carbocycles. The number of benzene rings is 2. The molecule has 0 unspecified atom stereocenters. The zero-order valence-corrected chi connectivity index (χ0v) is 16.4. The highest BCUT2D eigenvalue weighted by atomic mass is 32.1. The van der Waals surface area contributed by atoms with Crippen LogP contribution in [0.4, 0.5) is 10.1 Å². The molecular formula is C21H20FN3O2S. The third-order valence-corrected chi connectivity index (χ3v) is 5.21. The van der Waals surface area contributed by atoms with Crippen molar-refractivity contribution in [2.75, 3.05) is 5.32 Å². The summed E-state index contributed by atoms with van der Waals surface area (Å²) in [5, 5.41) is 5.91. The average Bonchev–Trinajstić information content (AvgIpc) is 3.03. The fraction of sp³-hybridized carbons (Fsp3) is 0.190. The Morgan fingerprint density at radius 3 is 2.57 bits per heavy atom. The Bertz CT molecular complexity index is 1000. The highest BCUT2D eigenvalue weighted by Gasteiger charge is 2.17. The summed E-state index contributed by atoms with van der Waals surface area (Å²) in [5.74, 6) is -1.09. The van der Waals surface area contributed by atoms with Gasteiger partial charge in [-0.2, -0.15) is 0 Å². The van der Waals surface area contributed by atoms with Crippen molar-refractivity contribution in [1.29, 1.82) is 0 Å². The number of carbonyl (C=O) groups excluding carboxylic acids is 2. The molecule has 5 nitrogen and oxygen atoms in total. The number of nitrogens with zero attached hydrogens (tertiary/aromatic N) is 1. The summed E-state index contributed by atoms with van der Waals surface area (Å²) in [6, 6.07) is 14.2. The Hall–Kier alpha value is -3.06. The van der Waals surface area contributed by atoms with Crippen LogP contribution >= 0.6 is 11.3 Å². The summed E-state index contributed by atoms with van der Waals surface area (Å²) < 4.78 is 13.9. The maximum absolute atomic E-state index is 13.9. The van der Waals surface area contributed by atoms with E-state index >= 15 is 0 Å². The van der Waals surface area contributed by atoms with E-state index in [-0.39, 0.29) is 23.9 Å². The first-order chi connectivity index (χ1) is 13.4. The number of aryl methyl sites for hydroxylation is 2. The zero-order valence-electron chi connectivity index (χ0n) is 15.6. The number of nitrogens with one attached hydrogen (secondary N) is 2. The van der Waals surface area contributed by atoms with Gasteiger partial charge in [-0.05, 0) is 37.1 Å². The normalized spacial score (nSPS) is 10.5. The van der Waals surface area contributed by atoms with Gasteiger partial charge in [-0.25, -0.2) is 9.37 Å². The van der Waals surface area contributed by atoms with Crippen molar-refractivity contribution in [3.63, 3.8) is 0 Å². The smallest absolute Gasteiger partial charge is 0.263 e. The molecule has 0 bridgehead atoms. The highest BCUT2D eigenvalue weighted by Crippen LogP contribution is 2.20. The first kappa shape index (κ1) is 19.7.